The molecule has 8 heteroatoms. The summed E-state index contributed by atoms with van der Waals surface area (Å²) >= 11 is 0. The second-order valence-corrected chi connectivity index (χ2v) is 7.82. The van der Waals surface area contributed by atoms with Gasteiger partial charge in [0, 0.05) is 0 Å². The van der Waals surface area contributed by atoms with Crippen LogP contribution >= 0.6 is 15.2 Å². The zero-order valence-corrected chi connectivity index (χ0v) is 11.2. The highest BCUT2D eigenvalue weighted by atomic mass is 31.2. The summed E-state index contributed by atoms with van der Waals surface area (Å²) in [6.07, 6.45) is 0.566. The lowest BCUT2D eigenvalue weighted by Crippen LogP contribution is -2.25. The molecular weight excluding hydrogens is 278 g/mol. The standard InChI is InChI=1S/C10H14O6P2/c1-2-8-10(17(11,12)13,18(14,15)16)9-6-4-3-5-7-9/h2-7H,1,8H2,(H2,11,12,13)(H2,14,15,16). The molecule has 0 radical (unpaired) electrons. The topological polar surface area (TPSA) is 115 Å². The molecule has 0 amide bonds. The van der Waals surface area contributed by atoms with Crippen LogP contribution in [0.15, 0.2) is 43.0 Å². The van der Waals surface area contributed by atoms with Crippen LogP contribution in [0.5, 0.6) is 0 Å². The van der Waals surface area contributed by atoms with Crippen LogP contribution in [0.1, 0.15) is 12.0 Å². The molecule has 0 aliphatic carbocycles. The fourth-order valence-corrected chi connectivity index (χ4v) is 4.83. The molecule has 100 valence electrons. The van der Waals surface area contributed by atoms with E-state index in [0.29, 0.717) is 0 Å². The number of allylic oxidation sites excluding steroid dienone is 1. The third-order valence-electron chi connectivity index (χ3n) is 2.63. The first-order valence-corrected chi connectivity index (χ1v) is 8.17. The Balaban J connectivity index is 3.66. The molecule has 0 saturated heterocycles. The minimum atomic E-state index is -5.10. The van der Waals surface area contributed by atoms with Gasteiger partial charge in [0.2, 0.25) is 4.90 Å². The molecule has 0 heterocycles. The molecule has 1 rings (SSSR count). The molecule has 0 atom stereocenters. The second-order valence-electron chi connectivity index (χ2n) is 3.76. The van der Waals surface area contributed by atoms with Crippen molar-refractivity contribution in [3.05, 3.63) is 48.6 Å². The molecule has 0 spiro atoms. The quantitative estimate of drug-likeness (QED) is 0.485. The van der Waals surface area contributed by atoms with Gasteiger partial charge in [0.15, 0.2) is 0 Å². The van der Waals surface area contributed by atoms with E-state index in [1.165, 1.54) is 24.3 Å². The third kappa shape index (κ3) is 2.50. The average Bonchev–Trinajstić information content (AvgIpc) is 2.23. The number of hydrogen-bond donors (Lipinski definition) is 4. The number of rotatable bonds is 5. The molecule has 4 N–H and O–H groups in total. The molecular formula is C10H14O6P2. The summed E-state index contributed by atoms with van der Waals surface area (Å²) < 4.78 is 23.3. The maximum atomic E-state index is 11.6. The Bertz CT molecular complexity index is 492. The molecule has 0 fully saturated rings. The lowest BCUT2D eigenvalue weighted by molar-refractivity contribution is 0.308. The summed E-state index contributed by atoms with van der Waals surface area (Å²) in [5, 5.41) is 0. The van der Waals surface area contributed by atoms with Crippen LogP contribution < -0.4 is 0 Å². The minimum Gasteiger partial charge on any atom is -0.323 e. The largest absolute Gasteiger partial charge is 0.348 e. The van der Waals surface area contributed by atoms with E-state index in [4.69, 9.17) is 0 Å². The van der Waals surface area contributed by atoms with E-state index in [1.54, 1.807) is 6.07 Å². The van der Waals surface area contributed by atoms with Crippen molar-refractivity contribution >= 4 is 15.2 Å². The highest BCUT2D eigenvalue weighted by molar-refractivity contribution is 7.71. The molecule has 0 aromatic heterocycles. The van der Waals surface area contributed by atoms with Gasteiger partial charge in [0.05, 0.1) is 0 Å². The molecule has 1 aromatic rings. The zero-order valence-electron chi connectivity index (χ0n) is 9.38. The zero-order chi connectivity index (χ0) is 14.0. The molecule has 0 saturated carbocycles. The van der Waals surface area contributed by atoms with Gasteiger partial charge in [-0.3, -0.25) is 9.13 Å². The Hall–Kier alpha value is -0.740. The van der Waals surface area contributed by atoms with Gasteiger partial charge in [-0.05, 0) is 12.0 Å². The first kappa shape index (κ1) is 15.3. The second kappa shape index (κ2) is 5.10. The SMILES string of the molecule is C=CCC(c1ccccc1)(P(=O)(O)O)P(=O)(O)O. The predicted molar refractivity (Wildman–Crippen MR) is 67.0 cm³/mol. The van der Waals surface area contributed by atoms with Crippen LogP contribution in [-0.4, -0.2) is 19.6 Å². The number of hydrogen-bond acceptors (Lipinski definition) is 2. The summed E-state index contributed by atoms with van der Waals surface area (Å²) in [5.74, 6) is 0. The van der Waals surface area contributed by atoms with E-state index in [-0.39, 0.29) is 5.56 Å². The maximum Gasteiger partial charge on any atom is 0.348 e. The van der Waals surface area contributed by atoms with Crippen molar-refractivity contribution in [2.75, 3.05) is 0 Å². The third-order valence-corrected chi connectivity index (χ3v) is 7.00. The molecule has 1 aromatic carbocycles. The van der Waals surface area contributed by atoms with Crippen molar-refractivity contribution in [1.29, 1.82) is 0 Å². The smallest absolute Gasteiger partial charge is 0.323 e. The van der Waals surface area contributed by atoms with Gasteiger partial charge in [-0.25, -0.2) is 0 Å². The monoisotopic (exact) mass is 292 g/mol. The molecule has 0 aliphatic heterocycles. The van der Waals surface area contributed by atoms with Crippen LogP contribution in [0, 0.1) is 0 Å². The van der Waals surface area contributed by atoms with Gasteiger partial charge in [0.25, 0.3) is 0 Å². The summed E-state index contributed by atoms with van der Waals surface area (Å²) in [5.41, 5.74) is -0.105. The van der Waals surface area contributed by atoms with Crippen molar-refractivity contribution in [3.8, 4) is 0 Å². The fourth-order valence-electron chi connectivity index (χ4n) is 1.77. The van der Waals surface area contributed by atoms with Gasteiger partial charge < -0.3 is 19.6 Å². The normalized spacial score (nSPS) is 13.3. The van der Waals surface area contributed by atoms with Crippen LogP contribution in [0.3, 0.4) is 0 Å². The molecule has 0 unspecified atom stereocenters. The van der Waals surface area contributed by atoms with Gasteiger partial charge >= 0.3 is 15.2 Å². The lowest BCUT2D eigenvalue weighted by atomic mass is 10.1. The highest BCUT2D eigenvalue weighted by Crippen LogP contribution is 2.76. The highest BCUT2D eigenvalue weighted by Gasteiger charge is 2.60. The summed E-state index contributed by atoms with van der Waals surface area (Å²) in [6, 6.07) is 7.06. The van der Waals surface area contributed by atoms with Crippen molar-refractivity contribution in [2.45, 2.75) is 11.3 Å². The van der Waals surface area contributed by atoms with Crippen molar-refractivity contribution in [2.24, 2.45) is 0 Å². The Kier molecular flexibility index (Phi) is 4.34. The van der Waals surface area contributed by atoms with Crippen LogP contribution in [0.25, 0.3) is 0 Å². The maximum absolute atomic E-state index is 11.6. The molecule has 0 aliphatic rings. The predicted octanol–water partition coefficient (Wildman–Crippen LogP) is 1.77. The van der Waals surface area contributed by atoms with Gasteiger partial charge in [-0.1, -0.05) is 36.4 Å². The van der Waals surface area contributed by atoms with Crippen molar-refractivity contribution < 1.29 is 28.7 Å². The van der Waals surface area contributed by atoms with E-state index in [1.807, 2.05) is 0 Å². The first-order chi connectivity index (χ1) is 8.17. The molecule has 0 bridgehead atoms. The average molecular weight is 292 g/mol. The Labute approximate surface area is 104 Å². The van der Waals surface area contributed by atoms with Gasteiger partial charge in [0.1, 0.15) is 0 Å². The van der Waals surface area contributed by atoms with Crippen molar-refractivity contribution in [3.63, 3.8) is 0 Å². The van der Waals surface area contributed by atoms with E-state index in [9.17, 15) is 28.7 Å². The Morgan fingerprint density at radius 1 is 1.06 bits per heavy atom. The van der Waals surface area contributed by atoms with Gasteiger partial charge in [-0.15, -0.1) is 6.58 Å². The molecule has 6 nitrogen and oxygen atoms in total. The summed E-state index contributed by atoms with van der Waals surface area (Å²) in [4.78, 5) is 35.1. The Morgan fingerprint density at radius 3 is 1.83 bits per heavy atom. The van der Waals surface area contributed by atoms with Crippen LogP contribution in [0.2, 0.25) is 0 Å². The van der Waals surface area contributed by atoms with E-state index in [0.717, 1.165) is 6.08 Å². The van der Waals surface area contributed by atoms with E-state index < -0.39 is 26.5 Å². The minimum absolute atomic E-state index is 0.105. The summed E-state index contributed by atoms with van der Waals surface area (Å²) in [7, 11) is -10.2. The lowest BCUT2D eigenvalue weighted by Gasteiger charge is -2.34. The van der Waals surface area contributed by atoms with Gasteiger partial charge in [-0.2, -0.15) is 0 Å². The summed E-state index contributed by atoms with van der Waals surface area (Å²) in [6.45, 7) is 3.31. The Morgan fingerprint density at radius 2 is 1.50 bits per heavy atom. The van der Waals surface area contributed by atoms with E-state index in [2.05, 4.69) is 6.58 Å². The number of benzene rings is 1. The van der Waals surface area contributed by atoms with E-state index >= 15 is 0 Å². The van der Waals surface area contributed by atoms with Crippen LogP contribution in [-0.2, 0) is 14.0 Å². The first-order valence-electron chi connectivity index (χ1n) is 4.94. The fraction of sp³-hybridized carbons (Fsp3) is 0.200. The van der Waals surface area contributed by atoms with Crippen molar-refractivity contribution in [1.82, 2.24) is 0 Å². The van der Waals surface area contributed by atoms with Crippen LogP contribution in [0.4, 0.5) is 0 Å². The molecule has 18 heavy (non-hydrogen) atoms.